The van der Waals surface area contributed by atoms with Gasteiger partial charge in [-0.2, -0.15) is 0 Å². The zero-order valence-corrected chi connectivity index (χ0v) is 11.5. The lowest BCUT2D eigenvalue weighted by atomic mass is 10.1. The molecular formula is C13H14ClN3S. The lowest BCUT2D eigenvalue weighted by Crippen LogP contribution is -2.22. The van der Waals surface area contributed by atoms with Gasteiger partial charge < -0.3 is 5.73 Å². The van der Waals surface area contributed by atoms with Gasteiger partial charge in [0.25, 0.3) is 0 Å². The lowest BCUT2D eigenvalue weighted by molar-refractivity contribution is 0.720. The second-order valence-corrected chi connectivity index (χ2v) is 5.54. The van der Waals surface area contributed by atoms with Gasteiger partial charge in [-0.1, -0.05) is 41.6 Å². The number of benzene rings is 1. The Morgan fingerprint density at radius 3 is 2.67 bits per heavy atom. The van der Waals surface area contributed by atoms with Crippen LogP contribution in [0.2, 0.25) is 5.02 Å². The van der Waals surface area contributed by atoms with Crippen molar-refractivity contribution in [2.24, 2.45) is 5.73 Å². The monoisotopic (exact) mass is 279 g/mol. The van der Waals surface area contributed by atoms with E-state index < -0.39 is 0 Å². The van der Waals surface area contributed by atoms with Gasteiger partial charge in [-0.3, -0.25) is 0 Å². The Balaban J connectivity index is 2.27. The molecule has 3 nitrogen and oxygen atoms in total. The van der Waals surface area contributed by atoms with Gasteiger partial charge in [-0.15, -0.1) is 0 Å². The van der Waals surface area contributed by atoms with E-state index in [1.54, 1.807) is 18.0 Å². The number of rotatable bonds is 4. The van der Waals surface area contributed by atoms with Crippen LogP contribution in [0, 0.1) is 0 Å². The lowest BCUT2D eigenvalue weighted by Gasteiger charge is -2.21. The number of hydrogen-bond acceptors (Lipinski definition) is 4. The minimum absolute atomic E-state index is 0.0233. The molecule has 0 saturated heterocycles. The number of thioether (sulfide) groups is 1. The molecular weight excluding hydrogens is 266 g/mol. The van der Waals surface area contributed by atoms with E-state index in [0.29, 0.717) is 0 Å². The van der Waals surface area contributed by atoms with Gasteiger partial charge in [0, 0.05) is 17.3 Å². The molecule has 1 aromatic carbocycles. The highest BCUT2D eigenvalue weighted by Gasteiger charge is 2.20. The standard InChI is InChI=1S/C13H14ClN3S/c1-9(15)13(10-4-2-3-5-11(10)14)18-12-6-7-16-8-17-12/h2-9,13H,15H2,1H3. The highest BCUT2D eigenvalue weighted by atomic mass is 35.5. The van der Waals surface area contributed by atoms with Gasteiger partial charge in [0.05, 0.1) is 10.3 Å². The molecule has 0 aliphatic rings. The minimum Gasteiger partial charge on any atom is -0.327 e. The topological polar surface area (TPSA) is 51.8 Å². The first kappa shape index (κ1) is 13.3. The smallest absolute Gasteiger partial charge is 0.116 e. The van der Waals surface area contributed by atoms with E-state index in [0.717, 1.165) is 15.6 Å². The fraction of sp³-hybridized carbons (Fsp3) is 0.231. The van der Waals surface area contributed by atoms with Crippen molar-refractivity contribution in [2.45, 2.75) is 23.2 Å². The molecule has 2 rings (SSSR count). The van der Waals surface area contributed by atoms with Crippen LogP contribution in [0.3, 0.4) is 0 Å². The van der Waals surface area contributed by atoms with Gasteiger partial charge >= 0.3 is 0 Å². The van der Waals surface area contributed by atoms with Crippen molar-refractivity contribution in [2.75, 3.05) is 0 Å². The summed E-state index contributed by atoms with van der Waals surface area (Å²) in [6.07, 6.45) is 3.26. The van der Waals surface area contributed by atoms with Crippen LogP contribution in [0.15, 0.2) is 47.9 Å². The summed E-state index contributed by atoms with van der Waals surface area (Å²) < 4.78 is 0. The van der Waals surface area contributed by atoms with Crippen LogP contribution in [0.4, 0.5) is 0 Å². The highest BCUT2D eigenvalue weighted by molar-refractivity contribution is 7.99. The second-order valence-electron chi connectivity index (χ2n) is 3.97. The van der Waals surface area contributed by atoms with E-state index in [2.05, 4.69) is 9.97 Å². The number of halogens is 1. The van der Waals surface area contributed by atoms with Crippen LogP contribution in [-0.4, -0.2) is 16.0 Å². The van der Waals surface area contributed by atoms with Gasteiger partial charge in [-0.05, 0) is 24.6 Å². The average molecular weight is 280 g/mol. The van der Waals surface area contributed by atoms with Crippen molar-refractivity contribution in [1.82, 2.24) is 9.97 Å². The molecule has 2 unspecified atom stereocenters. The second kappa shape index (κ2) is 6.18. The molecule has 18 heavy (non-hydrogen) atoms. The molecule has 0 radical (unpaired) electrons. The fourth-order valence-electron chi connectivity index (χ4n) is 1.64. The van der Waals surface area contributed by atoms with Gasteiger partial charge in [0.2, 0.25) is 0 Å². The quantitative estimate of drug-likeness (QED) is 0.689. The molecule has 0 saturated carbocycles. The van der Waals surface area contributed by atoms with Crippen molar-refractivity contribution in [3.63, 3.8) is 0 Å². The molecule has 5 heteroatoms. The zero-order valence-electron chi connectivity index (χ0n) is 9.95. The molecule has 0 amide bonds. The minimum atomic E-state index is -0.0233. The van der Waals surface area contributed by atoms with E-state index in [9.17, 15) is 0 Å². The highest BCUT2D eigenvalue weighted by Crippen LogP contribution is 2.38. The Labute approximate surface area is 116 Å². The third kappa shape index (κ3) is 3.22. The van der Waals surface area contributed by atoms with E-state index in [4.69, 9.17) is 17.3 Å². The number of aromatic nitrogens is 2. The van der Waals surface area contributed by atoms with E-state index >= 15 is 0 Å². The van der Waals surface area contributed by atoms with Crippen LogP contribution in [0.1, 0.15) is 17.7 Å². The van der Waals surface area contributed by atoms with Crippen molar-refractivity contribution >= 4 is 23.4 Å². The average Bonchev–Trinajstić information content (AvgIpc) is 2.38. The number of nitrogens with zero attached hydrogens (tertiary/aromatic N) is 2. The number of nitrogens with two attached hydrogens (primary N) is 1. The summed E-state index contributed by atoms with van der Waals surface area (Å²) >= 11 is 7.83. The molecule has 0 spiro atoms. The van der Waals surface area contributed by atoms with Crippen molar-refractivity contribution in [3.8, 4) is 0 Å². The Morgan fingerprint density at radius 2 is 2.06 bits per heavy atom. The van der Waals surface area contributed by atoms with Gasteiger partial charge in [-0.25, -0.2) is 9.97 Å². The summed E-state index contributed by atoms with van der Waals surface area (Å²) in [5.41, 5.74) is 7.10. The van der Waals surface area contributed by atoms with Crippen molar-refractivity contribution in [1.29, 1.82) is 0 Å². The number of hydrogen-bond donors (Lipinski definition) is 1. The molecule has 2 N–H and O–H groups in total. The van der Waals surface area contributed by atoms with Crippen molar-refractivity contribution in [3.05, 3.63) is 53.4 Å². The molecule has 0 bridgehead atoms. The first-order chi connectivity index (χ1) is 8.68. The largest absolute Gasteiger partial charge is 0.327 e. The first-order valence-electron chi connectivity index (χ1n) is 5.61. The van der Waals surface area contributed by atoms with Crippen LogP contribution in [0.25, 0.3) is 0 Å². The Bertz CT molecular complexity index is 505. The zero-order chi connectivity index (χ0) is 13.0. The van der Waals surface area contributed by atoms with Crippen LogP contribution in [0.5, 0.6) is 0 Å². The summed E-state index contributed by atoms with van der Waals surface area (Å²) in [5.74, 6) is 0. The molecule has 2 atom stereocenters. The fourth-order valence-corrected chi connectivity index (χ4v) is 3.01. The summed E-state index contributed by atoms with van der Waals surface area (Å²) in [6.45, 7) is 1.97. The van der Waals surface area contributed by atoms with Gasteiger partial charge in [0.1, 0.15) is 6.33 Å². The molecule has 0 aliphatic heterocycles. The summed E-state index contributed by atoms with van der Waals surface area (Å²) in [5, 5.41) is 1.71. The predicted octanol–water partition coefficient (Wildman–Crippen LogP) is 3.31. The third-order valence-corrected chi connectivity index (χ3v) is 4.26. The maximum Gasteiger partial charge on any atom is 0.116 e. The Hall–Kier alpha value is -1.10. The normalized spacial score (nSPS) is 14.2. The summed E-state index contributed by atoms with van der Waals surface area (Å²) in [6, 6.07) is 9.62. The third-order valence-electron chi connectivity index (χ3n) is 2.49. The van der Waals surface area contributed by atoms with Crippen LogP contribution in [-0.2, 0) is 0 Å². The molecule has 1 aromatic heterocycles. The van der Waals surface area contributed by atoms with E-state index in [-0.39, 0.29) is 11.3 Å². The Kier molecular flexibility index (Phi) is 4.58. The molecule has 2 aromatic rings. The Morgan fingerprint density at radius 1 is 1.28 bits per heavy atom. The molecule has 0 fully saturated rings. The van der Waals surface area contributed by atoms with E-state index in [1.165, 1.54) is 6.33 Å². The van der Waals surface area contributed by atoms with Crippen LogP contribution < -0.4 is 5.73 Å². The summed E-state index contributed by atoms with van der Waals surface area (Å²) in [4.78, 5) is 8.12. The van der Waals surface area contributed by atoms with Gasteiger partial charge in [0.15, 0.2) is 0 Å². The van der Waals surface area contributed by atoms with Crippen molar-refractivity contribution < 1.29 is 0 Å². The molecule has 0 aliphatic carbocycles. The summed E-state index contributed by atoms with van der Waals surface area (Å²) in [7, 11) is 0. The van der Waals surface area contributed by atoms with Crippen LogP contribution >= 0.6 is 23.4 Å². The molecule has 94 valence electrons. The predicted molar refractivity (Wildman–Crippen MR) is 75.7 cm³/mol. The maximum absolute atomic E-state index is 6.23. The van der Waals surface area contributed by atoms with E-state index in [1.807, 2.05) is 37.3 Å². The SMILES string of the molecule is CC(N)C(Sc1ccncn1)c1ccccc1Cl. The maximum atomic E-state index is 6.23. The molecule has 1 heterocycles. The first-order valence-corrected chi connectivity index (χ1v) is 6.87.